The molecule has 1 aliphatic rings. The molecule has 1 heterocycles. The smallest absolute Gasteiger partial charge is 0.416 e. The lowest BCUT2D eigenvalue weighted by molar-refractivity contribution is -0.137. The fraction of sp³-hybridized carbons (Fsp3) is 0.367. The van der Waals surface area contributed by atoms with Gasteiger partial charge >= 0.3 is 6.18 Å². The highest BCUT2D eigenvalue weighted by Crippen LogP contribution is 2.35. The molecule has 0 bridgehead atoms. The molecule has 196 valence electrons. The second-order valence-electron chi connectivity index (χ2n) is 9.58. The fourth-order valence-corrected chi connectivity index (χ4v) is 4.94. The number of carbonyl (C=O) groups is 1. The first kappa shape index (κ1) is 26.7. The van der Waals surface area contributed by atoms with Crippen molar-refractivity contribution < 1.29 is 22.7 Å². The number of likely N-dealkylation sites (tertiary alicyclic amines) is 1. The number of amides is 1. The van der Waals surface area contributed by atoms with E-state index >= 15 is 0 Å². The maximum atomic E-state index is 13.1. The van der Waals surface area contributed by atoms with Crippen molar-refractivity contribution in [2.24, 2.45) is 5.92 Å². The Morgan fingerprint density at radius 3 is 2.32 bits per heavy atom. The summed E-state index contributed by atoms with van der Waals surface area (Å²) in [5, 5.41) is 2.87. The van der Waals surface area contributed by atoms with Gasteiger partial charge in [0.2, 0.25) is 5.91 Å². The van der Waals surface area contributed by atoms with Crippen molar-refractivity contribution in [1.29, 1.82) is 0 Å². The third kappa shape index (κ3) is 6.92. The molecule has 3 aromatic rings. The molecule has 0 aliphatic carbocycles. The number of hydrogen-bond acceptors (Lipinski definition) is 3. The molecular formula is C30H33F3N2O2. The number of rotatable bonds is 8. The van der Waals surface area contributed by atoms with Gasteiger partial charge in [0.05, 0.1) is 18.6 Å². The minimum absolute atomic E-state index is 0.0691. The van der Waals surface area contributed by atoms with Crippen LogP contribution in [0.15, 0.2) is 72.8 Å². The number of nitrogens with zero attached hydrogens (tertiary/aromatic N) is 1. The molecule has 1 saturated heterocycles. The number of halogens is 3. The van der Waals surface area contributed by atoms with Crippen LogP contribution in [0.3, 0.4) is 0 Å². The van der Waals surface area contributed by atoms with Crippen LogP contribution in [0.4, 0.5) is 13.2 Å². The third-order valence-corrected chi connectivity index (χ3v) is 7.09. The minimum Gasteiger partial charge on any atom is -0.497 e. The van der Waals surface area contributed by atoms with Gasteiger partial charge in [0.15, 0.2) is 0 Å². The number of methoxy groups -OCH3 is 1. The summed E-state index contributed by atoms with van der Waals surface area (Å²) in [4.78, 5) is 15.4. The van der Waals surface area contributed by atoms with Crippen LogP contribution in [-0.4, -0.2) is 24.5 Å². The van der Waals surface area contributed by atoms with E-state index in [0.717, 1.165) is 36.3 Å². The van der Waals surface area contributed by atoms with E-state index in [1.807, 2.05) is 24.3 Å². The van der Waals surface area contributed by atoms with Crippen molar-refractivity contribution in [2.75, 3.05) is 13.7 Å². The summed E-state index contributed by atoms with van der Waals surface area (Å²) in [6.07, 6.45) is -1.89. The predicted molar refractivity (Wildman–Crippen MR) is 138 cm³/mol. The van der Waals surface area contributed by atoms with E-state index in [1.54, 1.807) is 13.2 Å². The minimum atomic E-state index is -4.41. The van der Waals surface area contributed by atoms with Crippen molar-refractivity contribution in [3.8, 4) is 5.75 Å². The average molecular weight is 511 g/mol. The van der Waals surface area contributed by atoms with Gasteiger partial charge in [0.1, 0.15) is 5.75 Å². The first-order valence-corrected chi connectivity index (χ1v) is 12.7. The van der Waals surface area contributed by atoms with E-state index < -0.39 is 11.7 Å². The predicted octanol–water partition coefficient (Wildman–Crippen LogP) is 6.55. The lowest BCUT2D eigenvalue weighted by Crippen LogP contribution is -2.44. The van der Waals surface area contributed by atoms with E-state index in [1.165, 1.54) is 17.2 Å². The number of benzene rings is 3. The quantitative estimate of drug-likeness (QED) is 0.374. The van der Waals surface area contributed by atoms with E-state index in [2.05, 4.69) is 41.4 Å². The molecule has 0 spiro atoms. The summed E-state index contributed by atoms with van der Waals surface area (Å²) >= 11 is 0. The van der Waals surface area contributed by atoms with Crippen molar-refractivity contribution in [1.82, 2.24) is 10.2 Å². The number of piperidine rings is 1. The van der Waals surface area contributed by atoms with Crippen molar-refractivity contribution in [3.05, 3.63) is 101 Å². The van der Waals surface area contributed by atoms with Crippen LogP contribution in [0.1, 0.15) is 53.6 Å². The first-order valence-electron chi connectivity index (χ1n) is 12.7. The largest absolute Gasteiger partial charge is 0.497 e. The molecule has 4 nitrogen and oxygen atoms in total. The summed E-state index contributed by atoms with van der Waals surface area (Å²) in [5.41, 5.74) is 3.37. The highest BCUT2D eigenvalue weighted by Gasteiger charge is 2.33. The van der Waals surface area contributed by atoms with Crippen LogP contribution in [0.2, 0.25) is 0 Å². The summed E-state index contributed by atoms with van der Waals surface area (Å²) in [6, 6.07) is 21.9. The molecule has 1 fully saturated rings. The normalized spacial score (nSPS) is 18.4. The molecule has 4 rings (SSSR count). The van der Waals surface area contributed by atoms with Gasteiger partial charge < -0.3 is 10.1 Å². The summed E-state index contributed by atoms with van der Waals surface area (Å²) in [7, 11) is 1.64. The van der Waals surface area contributed by atoms with Gasteiger partial charge in [-0.1, -0.05) is 55.5 Å². The third-order valence-electron chi connectivity index (χ3n) is 7.09. The number of aryl methyl sites for hydroxylation is 1. The topological polar surface area (TPSA) is 41.6 Å². The Labute approximate surface area is 216 Å². The second kappa shape index (κ2) is 11.8. The monoisotopic (exact) mass is 510 g/mol. The molecule has 7 heteroatoms. The zero-order valence-electron chi connectivity index (χ0n) is 21.2. The molecule has 1 N–H and O–H groups in total. The van der Waals surface area contributed by atoms with Crippen LogP contribution in [0.25, 0.3) is 0 Å². The van der Waals surface area contributed by atoms with Crippen LogP contribution >= 0.6 is 0 Å². The van der Waals surface area contributed by atoms with E-state index in [9.17, 15) is 18.0 Å². The van der Waals surface area contributed by atoms with Gasteiger partial charge in [-0.25, -0.2) is 0 Å². The Morgan fingerprint density at radius 2 is 1.68 bits per heavy atom. The van der Waals surface area contributed by atoms with Gasteiger partial charge in [-0.2, -0.15) is 13.2 Å². The second-order valence-corrected chi connectivity index (χ2v) is 9.58. The number of ether oxygens (including phenoxy) is 1. The van der Waals surface area contributed by atoms with E-state index in [-0.39, 0.29) is 24.4 Å². The van der Waals surface area contributed by atoms with Gasteiger partial charge in [0, 0.05) is 25.7 Å². The summed E-state index contributed by atoms with van der Waals surface area (Å²) < 4.78 is 44.4. The van der Waals surface area contributed by atoms with Crippen molar-refractivity contribution in [3.63, 3.8) is 0 Å². The Balaban J connectivity index is 1.46. The van der Waals surface area contributed by atoms with Crippen LogP contribution in [0.5, 0.6) is 5.75 Å². The molecule has 1 aliphatic heterocycles. The number of hydrogen-bond donors (Lipinski definition) is 1. The zero-order chi connectivity index (χ0) is 26.4. The molecular weight excluding hydrogens is 477 g/mol. The van der Waals surface area contributed by atoms with Gasteiger partial charge in [-0.05, 0) is 65.8 Å². The number of carbonyl (C=O) groups excluding carboxylic acids is 1. The average Bonchev–Trinajstić information content (AvgIpc) is 2.92. The molecule has 3 aromatic carbocycles. The molecule has 2 unspecified atom stereocenters. The molecule has 0 aromatic heterocycles. The standard InChI is InChI=1S/C30H33F3N2O2/c1-3-21-7-11-24(12-8-21)28-16-13-25(20-35(28)19-22-9-14-27(37-2)15-10-22)29(36)34-18-23-5-4-6-26(17-23)30(31,32)33/h4-12,14-15,17,25,28H,3,13,16,18-20H2,1-2H3,(H,34,36). The highest BCUT2D eigenvalue weighted by atomic mass is 19.4. The van der Waals surface area contributed by atoms with Gasteiger partial charge in [-0.15, -0.1) is 0 Å². The van der Waals surface area contributed by atoms with Crippen molar-refractivity contribution in [2.45, 2.75) is 51.5 Å². The zero-order valence-corrected chi connectivity index (χ0v) is 21.2. The van der Waals surface area contributed by atoms with E-state index in [0.29, 0.717) is 25.1 Å². The molecule has 2 atom stereocenters. The van der Waals surface area contributed by atoms with Crippen LogP contribution in [0, 0.1) is 5.92 Å². The molecule has 0 saturated carbocycles. The number of alkyl halides is 3. The summed E-state index contributed by atoms with van der Waals surface area (Å²) in [5.74, 6) is 0.424. The Morgan fingerprint density at radius 1 is 0.973 bits per heavy atom. The van der Waals surface area contributed by atoms with Crippen molar-refractivity contribution >= 4 is 5.91 Å². The lowest BCUT2D eigenvalue weighted by Gasteiger charge is -2.39. The fourth-order valence-electron chi connectivity index (χ4n) is 4.94. The molecule has 0 radical (unpaired) electrons. The highest BCUT2D eigenvalue weighted by molar-refractivity contribution is 5.79. The Hall–Kier alpha value is -3.32. The SMILES string of the molecule is CCc1ccc(C2CCC(C(=O)NCc3cccc(C(F)(F)F)c3)CN2Cc2ccc(OC)cc2)cc1. The first-order chi connectivity index (χ1) is 17.8. The lowest BCUT2D eigenvalue weighted by atomic mass is 9.87. The maximum Gasteiger partial charge on any atom is 0.416 e. The Kier molecular flexibility index (Phi) is 8.54. The summed E-state index contributed by atoms with van der Waals surface area (Å²) in [6.45, 7) is 3.45. The number of nitrogens with one attached hydrogen (secondary N) is 1. The Bertz CT molecular complexity index is 1180. The van der Waals surface area contributed by atoms with Gasteiger partial charge in [0.25, 0.3) is 0 Å². The van der Waals surface area contributed by atoms with E-state index in [4.69, 9.17) is 4.74 Å². The van der Waals surface area contributed by atoms with Gasteiger partial charge in [-0.3, -0.25) is 9.69 Å². The molecule has 1 amide bonds. The molecule has 37 heavy (non-hydrogen) atoms. The van der Waals surface area contributed by atoms with Crippen LogP contribution < -0.4 is 10.1 Å². The van der Waals surface area contributed by atoms with Crippen LogP contribution in [-0.2, 0) is 30.5 Å². The maximum absolute atomic E-state index is 13.1.